The molecular weight excluding hydrogens is 246 g/mol. The second kappa shape index (κ2) is 5.86. The Morgan fingerprint density at radius 3 is 2.84 bits per heavy atom. The average Bonchev–Trinajstić information content (AvgIpc) is 2.98. The number of carbonyl (C=O) groups excluding carboxylic acids is 1. The van der Waals surface area contributed by atoms with E-state index in [1.165, 1.54) is 0 Å². The van der Waals surface area contributed by atoms with E-state index in [1.54, 1.807) is 6.20 Å². The highest BCUT2D eigenvalue weighted by Gasteiger charge is 2.37. The van der Waals surface area contributed by atoms with Gasteiger partial charge in [0.1, 0.15) is 5.82 Å². The van der Waals surface area contributed by atoms with Gasteiger partial charge in [0.05, 0.1) is 11.8 Å². The minimum Gasteiger partial charge on any atom is -0.481 e. The number of rotatable bonds is 5. The third-order valence-electron chi connectivity index (χ3n) is 3.74. The SMILES string of the molecule is Cn1ccnc1CCNC(=O)[C@@H]1CCC[C@@H]1C(=O)O. The number of amides is 1. The molecule has 1 aromatic rings. The molecule has 0 radical (unpaired) electrons. The molecule has 0 spiro atoms. The third-order valence-corrected chi connectivity index (χ3v) is 3.74. The molecule has 2 atom stereocenters. The molecule has 1 aliphatic carbocycles. The zero-order valence-corrected chi connectivity index (χ0v) is 11.0. The second-order valence-corrected chi connectivity index (χ2v) is 4.98. The maximum atomic E-state index is 12.0. The van der Waals surface area contributed by atoms with Gasteiger partial charge in [0, 0.05) is 32.4 Å². The summed E-state index contributed by atoms with van der Waals surface area (Å²) in [6, 6.07) is 0. The molecule has 0 aromatic carbocycles. The number of carboxylic acids is 1. The van der Waals surface area contributed by atoms with Crippen molar-refractivity contribution in [1.82, 2.24) is 14.9 Å². The zero-order valence-electron chi connectivity index (χ0n) is 11.0. The van der Waals surface area contributed by atoms with E-state index >= 15 is 0 Å². The number of carboxylic acid groups (broad SMARTS) is 1. The van der Waals surface area contributed by atoms with Gasteiger partial charge in [-0.15, -0.1) is 0 Å². The van der Waals surface area contributed by atoms with Crippen LogP contribution in [0.2, 0.25) is 0 Å². The number of aliphatic carboxylic acids is 1. The molecule has 2 N–H and O–H groups in total. The van der Waals surface area contributed by atoms with Gasteiger partial charge in [-0.25, -0.2) is 4.98 Å². The molecule has 19 heavy (non-hydrogen) atoms. The van der Waals surface area contributed by atoms with Gasteiger partial charge in [0.15, 0.2) is 0 Å². The van der Waals surface area contributed by atoms with E-state index in [0.29, 0.717) is 25.8 Å². The Labute approximate surface area is 111 Å². The maximum absolute atomic E-state index is 12.0. The molecule has 1 aliphatic rings. The van der Waals surface area contributed by atoms with Crippen LogP contribution in [0.5, 0.6) is 0 Å². The number of nitrogens with one attached hydrogen (secondary N) is 1. The van der Waals surface area contributed by atoms with Crippen molar-refractivity contribution in [3.8, 4) is 0 Å². The summed E-state index contributed by atoms with van der Waals surface area (Å²) >= 11 is 0. The van der Waals surface area contributed by atoms with E-state index in [0.717, 1.165) is 12.2 Å². The molecule has 1 saturated carbocycles. The molecule has 1 fully saturated rings. The molecule has 0 bridgehead atoms. The lowest BCUT2D eigenvalue weighted by Gasteiger charge is -2.15. The molecular formula is C13H19N3O3. The fourth-order valence-corrected chi connectivity index (χ4v) is 2.64. The summed E-state index contributed by atoms with van der Waals surface area (Å²) in [5.74, 6) is -0.991. The largest absolute Gasteiger partial charge is 0.481 e. The molecule has 0 aliphatic heterocycles. The Morgan fingerprint density at radius 1 is 1.47 bits per heavy atom. The van der Waals surface area contributed by atoms with Crippen LogP contribution in [0.1, 0.15) is 25.1 Å². The summed E-state index contributed by atoms with van der Waals surface area (Å²) in [6.07, 6.45) is 6.31. The first-order valence-corrected chi connectivity index (χ1v) is 6.56. The summed E-state index contributed by atoms with van der Waals surface area (Å²) in [7, 11) is 1.90. The van der Waals surface area contributed by atoms with Crippen molar-refractivity contribution in [1.29, 1.82) is 0 Å². The topological polar surface area (TPSA) is 84.2 Å². The van der Waals surface area contributed by atoms with E-state index in [-0.39, 0.29) is 11.8 Å². The molecule has 6 nitrogen and oxygen atoms in total. The van der Waals surface area contributed by atoms with Gasteiger partial charge in [-0.2, -0.15) is 0 Å². The minimum atomic E-state index is -0.859. The second-order valence-electron chi connectivity index (χ2n) is 4.98. The number of hydrogen-bond acceptors (Lipinski definition) is 3. The monoisotopic (exact) mass is 265 g/mol. The fourth-order valence-electron chi connectivity index (χ4n) is 2.64. The van der Waals surface area contributed by atoms with Gasteiger partial charge < -0.3 is 15.0 Å². The Kier molecular flexibility index (Phi) is 4.19. The van der Waals surface area contributed by atoms with Crippen molar-refractivity contribution in [2.45, 2.75) is 25.7 Å². The van der Waals surface area contributed by atoms with Crippen LogP contribution in [0.25, 0.3) is 0 Å². The van der Waals surface area contributed by atoms with E-state index < -0.39 is 11.9 Å². The molecule has 1 amide bonds. The lowest BCUT2D eigenvalue weighted by atomic mass is 9.95. The summed E-state index contributed by atoms with van der Waals surface area (Å²) in [6.45, 7) is 0.493. The van der Waals surface area contributed by atoms with Crippen molar-refractivity contribution >= 4 is 11.9 Å². The smallest absolute Gasteiger partial charge is 0.307 e. The third kappa shape index (κ3) is 3.13. The summed E-state index contributed by atoms with van der Waals surface area (Å²) < 4.78 is 1.90. The van der Waals surface area contributed by atoms with Crippen molar-refractivity contribution in [3.05, 3.63) is 18.2 Å². The highest BCUT2D eigenvalue weighted by molar-refractivity contribution is 5.85. The summed E-state index contributed by atoms with van der Waals surface area (Å²) in [5.41, 5.74) is 0. The molecule has 2 rings (SSSR count). The van der Waals surface area contributed by atoms with Gasteiger partial charge in [-0.1, -0.05) is 6.42 Å². The van der Waals surface area contributed by atoms with E-state index in [2.05, 4.69) is 10.3 Å². The van der Waals surface area contributed by atoms with Gasteiger partial charge in [0.25, 0.3) is 0 Å². The van der Waals surface area contributed by atoms with Crippen LogP contribution in [0, 0.1) is 11.8 Å². The first kappa shape index (κ1) is 13.6. The summed E-state index contributed by atoms with van der Waals surface area (Å²) in [4.78, 5) is 27.2. The first-order valence-electron chi connectivity index (χ1n) is 6.56. The normalized spacial score (nSPS) is 22.4. The molecule has 6 heteroatoms. The van der Waals surface area contributed by atoms with Gasteiger partial charge in [-0.05, 0) is 12.8 Å². The average molecular weight is 265 g/mol. The Morgan fingerprint density at radius 2 is 2.21 bits per heavy atom. The van der Waals surface area contributed by atoms with Crippen LogP contribution >= 0.6 is 0 Å². The van der Waals surface area contributed by atoms with Crippen LogP contribution in [0.3, 0.4) is 0 Å². The standard InChI is InChI=1S/C13H19N3O3/c1-16-8-7-14-11(16)5-6-15-12(17)9-3-2-4-10(9)13(18)19/h7-10H,2-6H2,1H3,(H,15,17)(H,18,19)/t9-,10+/m1/s1. The number of imidazole rings is 1. The number of nitrogens with zero attached hydrogens (tertiary/aromatic N) is 2. The molecule has 1 heterocycles. The Bertz CT molecular complexity index is 469. The minimum absolute atomic E-state index is 0.140. The number of aryl methyl sites for hydroxylation is 1. The van der Waals surface area contributed by atoms with Crippen LogP contribution in [0.15, 0.2) is 12.4 Å². The lowest BCUT2D eigenvalue weighted by molar-refractivity contribution is -0.146. The maximum Gasteiger partial charge on any atom is 0.307 e. The Balaban J connectivity index is 1.81. The van der Waals surface area contributed by atoms with E-state index in [4.69, 9.17) is 5.11 Å². The van der Waals surface area contributed by atoms with E-state index in [9.17, 15) is 9.59 Å². The fraction of sp³-hybridized carbons (Fsp3) is 0.615. The zero-order chi connectivity index (χ0) is 13.8. The van der Waals surface area contributed by atoms with Crippen LogP contribution in [-0.2, 0) is 23.1 Å². The number of hydrogen-bond donors (Lipinski definition) is 2. The predicted molar refractivity (Wildman–Crippen MR) is 68.4 cm³/mol. The first-order chi connectivity index (χ1) is 9.09. The molecule has 1 aromatic heterocycles. The van der Waals surface area contributed by atoms with E-state index in [1.807, 2.05) is 17.8 Å². The highest BCUT2D eigenvalue weighted by Crippen LogP contribution is 2.31. The van der Waals surface area contributed by atoms with Crippen molar-refractivity contribution in [2.24, 2.45) is 18.9 Å². The number of aromatic nitrogens is 2. The summed E-state index contributed by atoms with van der Waals surface area (Å²) in [5, 5.41) is 11.9. The van der Waals surface area contributed by atoms with Crippen molar-refractivity contribution < 1.29 is 14.7 Å². The van der Waals surface area contributed by atoms with Crippen LogP contribution in [0.4, 0.5) is 0 Å². The lowest BCUT2D eigenvalue weighted by Crippen LogP contribution is -2.36. The van der Waals surface area contributed by atoms with Crippen molar-refractivity contribution in [2.75, 3.05) is 6.54 Å². The van der Waals surface area contributed by atoms with Crippen LogP contribution in [-0.4, -0.2) is 33.1 Å². The van der Waals surface area contributed by atoms with Gasteiger partial charge >= 0.3 is 5.97 Å². The predicted octanol–water partition coefficient (Wildman–Crippen LogP) is 0.580. The van der Waals surface area contributed by atoms with Gasteiger partial charge in [-0.3, -0.25) is 9.59 Å². The number of carbonyl (C=O) groups is 2. The quantitative estimate of drug-likeness (QED) is 0.815. The van der Waals surface area contributed by atoms with Crippen molar-refractivity contribution in [3.63, 3.8) is 0 Å². The molecule has 0 saturated heterocycles. The molecule has 104 valence electrons. The van der Waals surface area contributed by atoms with Gasteiger partial charge in [0.2, 0.25) is 5.91 Å². The van der Waals surface area contributed by atoms with Crippen LogP contribution < -0.4 is 5.32 Å². The highest BCUT2D eigenvalue weighted by atomic mass is 16.4. The molecule has 0 unspecified atom stereocenters. The Hall–Kier alpha value is -1.85.